The molecule has 82 valence electrons. The largest absolute Gasteiger partial charge is 0.361 e. The van der Waals surface area contributed by atoms with Crippen LogP contribution in [-0.4, -0.2) is 10.4 Å². The molecule has 4 heteroatoms. The van der Waals surface area contributed by atoms with E-state index in [2.05, 4.69) is 5.16 Å². The number of hydrogen-bond donors (Lipinski definition) is 0. The van der Waals surface area contributed by atoms with E-state index in [1.807, 2.05) is 0 Å². The van der Waals surface area contributed by atoms with Gasteiger partial charge >= 0.3 is 0 Å². The number of rotatable bonds is 2. The lowest BCUT2D eigenvalue weighted by Crippen LogP contribution is -2.08. The van der Waals surface area contributed by atoms with Gasteiger partial charge in [-0.2, -0.15) is 0 Å². The Kier molecular flexibility index (Phi) is 3.10. The van der Waals surface area contributed by atoms with Crippen molar-refractivity contribution in [2.45, 2.75) is 44.9 Å². The third-order valence-corrected chi connectivity index (χ3v) is 3.27. The van der Waals surface area contributed by atoms with Gasteiger partial charge in [-0.25, -0.2) is 0 Å². The Labute approximate surface area is 93.8 Å². The van der Waals surface area contributed by atoms with Crippen LogP contribution < -0.4 is 0 Å². The van der Waals surface area contributed by atoms with Gasteiger partial charge in [-0.05, 0) is 31.4 Å². The highest BCUT2D eigenvalue weighted by molar-refractivity contribution is 6.68. The normalized spacial score (nSPS) is 18.0. The van der Waals surface area contributed by atoms with Crippen LogP contribution in [0.1, 0.15) is 59.8 Å². The number of carbonyl (C=O) groups excluding carboxylic acids is 1. The molecule has 0 aliphatic heterocycles. The first-order valence-electron chi connectivity index (χ1n) is 5.36. The highest BCUT2D eigenvalue weighted by Gasteiger charge is 2.26. The van der Waals surface area contributed by atoms with E-state index in [0.717, 1.165) is 18.5 Å². The van der Waals surface area contributed by atoms with E-state index in [4.69, 9.17) is 16.1 Å². The van der Waals surface area contributed by atoms with E-state index in [9.17, 15) is 4.79 Å². The zero-order valence-electron chi connectivity index (χ0n) is 8.75. The summed E-state index contributed by atoms with van der Waals surface area (Å²) < 4.78 is 5.05. The molecule has 1 aliphatic carbocycles. The summed E-state index contributed by atoms with van der Waals surface area (Å²) >= 11 is 5.54. The standard InChI is InChI=1S/C11H14ClNO2/c1-7-9(11(12)14)10(13-15-7)8-5-3-2-4-6-8/h8H,2-6H2,1H3. The smallest absolute Gasteiger partial charge is 0.257 e. The lowest BCUT2D eigenvalue weighted by Gasteiger charge is -2.19. The monoisotopic (exact) mass is 227 g/mol. The van der Waals surface area contributed by atoms with Crippen molar-refractivity contribution in [3.8, 4) is 0 Å². The second-order valence-corrected chi connectivity index (χ2v) is 4.45. The zero-order chi connectivity index (χ0) is 10.8. The van der Waals surface area contributed by atoms with Gasteiger partial charge in [0.05, 0.1) is 11.3 Å². The third-order valence-electron chi connectivity index (χ3n) is 3.08. The first-order valence-corrected chi connectivity index (χ1v) is 5.74. The van der Waals surface area contributed by atoms with Crippen LogP contribution >= 0.6 is 11.6 Å². The number of hydrogen-bond acceptors (Lipinski definition) is 3. The molecule has 0 N–H and O–H groups in total. The molecule has 0 unspecified atom stereocenters. The van der Waals surface area contributed by atoms with Crippen molar-refractivity contribution in [2.75, 3.05) is 0 Å². The van der Waals surface area contributed by atoms with Gasteiger partial charge in [0.25, 0.3) is 5.24 Å². The van der Waals surface area contributed by atoms with E-state index in [0.29, 0.717) is 17.2 Å². The second kappa shape index (κ2) is 4.35. The molecular weight excluding hydrogens is 214 g/mol. The molecule has 1 heterocycles. The van der Waals surface area contributed by atoms with Crippen LogP contribution in [0.15, 0.2) is 4.52 Å². The van der Waals surface area contributed by atoms with Crippen molar-refractivity contribution >= 4 is 16.8 Å². The Morgan fingerprint density at radius 2 is 2.07 bits per heavy atom. The number of carbonyl (C=O) groups is 1. The molecule has 1 aliphatic rings. The van der Waals surface area contributed by atoms with E-state index >= 15 is 0 Å². The van der Waals surface area contributed by atoms with Crippen LogP contribution in [0.5, 0.6) is 0 Å². The molecule has 2 rings (SSSR count). The molecular formula is C11H14ClNO2. The number of aromatic nitrogens is 1. The van der Waals surface area contributed by atoms with Gasteiger partial charge in [0, 0.05) is 5.92 Å². The fraction of sp³-hybridized carbons (Fsp3) is 0.636. The number of halogens is 1. The highest BCUT2D eigenvalue weighted by Crippen LogP contribution is 2.35. The summed E-state index contributed by atoms with van der Waals surface area (Å²) in [5.41, 5.74) is 1.26. The minimum atomic E-state index is -0.450. The molecule has 0 amide bonds. The van der Waals surface area contributed by atoms with Crippen LogP contribution in [0, 0.1) is 6.92 Å². The average molecular weight is 228 g/mol. The fourth-order valence-electron chi connectivity index (χ4n) is 2.28. The second-order valence-electron chi connectivity index (χ2n) is 4.11. The zero-order valence-corrected chi connectivity index (χ0v) is 9.51. The maximum atomic E-state index is 11.3. The van der Waals surface area contributed by atoms with Crippen molar-refractivity contribution in [3.05, 3.63) is 17.0 Å². The van der Waals surface area contributed by atoms with Crippen molar-refractivity contribution in [2.24, 2.45) is 0 Å². The van der Waals surface area contributed by atoms with Crippen molar-refractivity contribution < 1.29 is 9.32 Å². The first kappa shape index (κ1) is 10.7. The van der Waals surface area contributed by atoms with Crippen LogP contribution in [0.2, 0.25) is 0 Å². The lowest BCUT2D eigenvalue weighted by atomic mass is 9.85. The summed E-state index contributed by atoms with van der Waals surface area (Å²) in [6, 6.07) is 0. The predicted octanol–water partition coefficient (Wildman–Crippen LogP) is 3.41. The minimum Gasteiger partial charge on any atom is -0.361 e. The SMILES string of the molecule is Cc1onc(C2CCCCC2)c1C(=O)Cl. The summed E-state index contributed by atoms with van der Waals surface area (Å²) in [6.07, 6.45) is 5.85. The lowest BCUT2D eigenvalue weighted by molar-refractivity contribution is 0.107. The molecule has 1 aromatic rings. The Hall–Kier alpha value is -0.830. The third kappa shape index (κ3) is 2.07. The highest BCUT2D eigenvalue weighted by atomic mass is 35.5. The molecule has 0 spiro atoms. The molecule has 0 saturated heterocycles. The van der Waals surface area contributed by atoms with Crippen molar-refractivity contribution in [3.63, 3.8) is 0 Å². The molecule has 0 radical (unpaired) electrons. The van der Waals surface area contributed by atoms with E-state index in [1.165, 1.54) is 19.3 Å². The molecule has 1 aromatic heterocycles. The topological polar surface area (TPSA) is 43.1 Å². The van der Waals surface area contributed by atoms with Crippen LogP contribution in [0.25, 0.3) is 0 Å². The molecule has 0 bridgehead atoms. The van der Waals surface area contributed by atoms with E-state index in [1.54, 1.807) is 6.92 Å². The summed E-state index contributed by atoms with van der Waals surface area (Å²) in [6.45, 7) is 1.73. The quantitative estimate of drug-likeness (QED) is 0.728. The Morgan fingerprint density at radius 3 is 2.67 bits per heavy atom. The number of aryl methyl sites for hydroxylation is 1. The van der Waals surface area contributed by atoms with Gasteiger partial charge in [-0.15, -0.1) is 0 Å². The maximum Gasteiger partial charge on any atom is 0.257 e. The summed E-state index contributed by atoms with van der Waals surface area (Å²) in [5.74, 6) is 0.893. The first-order chi connectivity index (χ1) is 7.20. The molecule has 3 nitrogen and oxygen atoms in total. The van der Waals surface area contributed by atoms with Gasteiger partial charge in [0.15, 0.2) is 0 Å². The van der Waals surface area contributed by atoms with Gasteiger partial charge in [0.1, 0.15) is 5.76 Å². The molecule has 15 heavy (non-hydrogen) atoms. The molecule has 1 saturated carbocycles. The molecule has 0 aromatic carbocycles. The molecule has 1 fully saturated rings. The summed E-state index contributed by atoms with van der Waals surface area (Å²) in [5, 5.41) is 3.53. The van der Waals surface area contributed by atoms with Crippen LogP contribution in [0.3, 0.4) is 0 Å². The summed E-state index contributed by atoms with van der Waals surface area (Å²) in [4.78, 5) is 11.3. The van der Waals surface area contributed by atoms with Gasteiger partial charge < -0.3 is 4.52 Å². The Bertz CT molecular complexity index is 367. The number of nitrogens with zero attached hydrogens (tertiary/aromatic N) is 1. The molecule has 0 atom stereocenters. The average Bonchev–Trinajstić information content (AvgIpc) is 2.61. The summed E-state index contributed by atoms with van der Waals surface area (Å²) in [7, 11) is 0. The minimum absolute atomic E-state index is 0.355. The van der Waals surface area contributed by atoms with E-state index in [-0.39, 0.29) is 0 Å². The predicted molar refractivity (Wildman–Crippen MR) is 57.2 cm³/mol. The van der Waals surface area contributed by atoms with Crippen LogP contribution in [-0.2, 0) is 0 Å². The maximum absolute atomic E-state index is 11.3. The Balaban J connectivity index is 2.30. The van der Waals surface area contributed by atoms with Gasteiger partial charge in [0.2, 0.25) is 0 Å². The Morgan fingerprint density at radius 1 is 1.40 bits per heavy atom. The van der Waals surface area contributed by atoms with Crippen molar-refractivity contribution in [1.29, 1.82) is 0 Å². The fourth-order valence-corrected chi connectivity index (χ4v) is 2.51. The van der Waals surface area contributed by atoms with Crippen LogP contribution in [0.4, 0.5) is 0 Å². The van der Waals surface area contributed by atoms with Gasteiger partial charge in [-0.3, -0.25) is 4.79 Å². The van der Waals surface area contributed by atoms with Crippen molar-refractivity contribution in [1.82, 2.24) is 5.16 Å². The van der Waals surface area contributed by atoms with Gasteiger partial charge in [-0.1, -0.05) is 24.4 Å². The van der Waals surface area contributed by atoms with E-state index < -0.39 is 5.24 Å².